The van der Waals surface area contributed by atoms with E-state index in [-0.39, 0.29) is 0 Å². The Balaban J connectivity index is 1.68. The molecule has 2 fully saturated rings. The van der Waals surface area contributed by atoms with Gasteiger partial charge in [0.05, 0.1) is 5.69 Å². The molecule has 0 radical (unpaired) electrons. The first-order valence-electron chi connectivity index (χ1n) is 8.29. The highest BCUT2D eigenvalue weighted by molar-refractivity contribution is 5.42. The summed E-state index contributed by atoms with van der Waals surface area (Å²) in [4.78, 5) is 7.27. The smallest absolute Gasteiger partial charge is 0.0564 e. The third-order valence-corrected chi connectivity index (χ3v) is 4.92. The fraction of sp³-hybridized carbons (Fsp3) is 0.706. The number of pyridine rings is 1. The van der Waals surface area contributed by atoms with E-state index in [1.54, 1.807) is 0 Å². The van der Waals surface area contributed by atoms with Gasteiger partial charge in [-0.15, -0.1) is 0 Å². The van der Waals surface area contributed by atoms with Crippen LogP contribution in [0.4, 0.5) is 5.69 Å². The Labute approximate surface area is 122 Å². The van der Waals surface area contributed by atoms with Crippen molar-refractivity contribution in [3.63, 3.8) is 0 Å². The van der Waals surface area contributed by atoms with E-state index in [9.17, 15) is 0 Å². The standard InChI is InChI=1S/C17H27N3/c1-2-18-15-9-10-19-16(12-15)13-20-11-5-7-14-6-3-4-8-17(14)20/h9-10,12,14,17H,2-8,11,13H2,1H3,(H,18,19). The summed E-state index contributed by atoms with van der Waals surface area (Å²) in [7, 11) is 0. The van der Waals surface area contributed by atoms with Gasteiger partial charge in [-0.05, 0) is 57.2 Å². The van der Waals surface area contributed by atoms with Gasteiger partial charge in [0, 0.05) is 31.0 Å². The molecule has 20 heavy (non-hydrogen) atoms. The third kappa shape index (κ3) is 3.14. The molecule has 0 amide bonds. The van der Waals surface area contributed by atoms with Crippen LogP contribution in [-0.2, 0) is 6.54 Å². The van der Waals surface area contributed by atoms with Crippen LogP contribution in [-0.4, -0.2) is 29.0 Å². The first-order chi connectivity index (χ1) is 9.86. The molecule has 1 saturated carbocycles. The molecule has 1 aromatic rings. The third-order valence-electron chi connectivity index (χ3n) is 4.92. The average Bonchev–Trinajstić information content (AvgIpc) is 2.48. The maximum absolute atomic E-state index is 4.57. The number of rotatable bonds is 4. The van der Waals surface area contributed by atoms with Crippen molar-refractivity contribution in [2.24, 2.45) is 5.92 Å². The summed E-state index contributed by atoms with van der Waals surface area (Å²) >= 11 is 0. The van der Waals surface area contributed by atoms with Crippen molar-refractivity contribution in [3.05, 3.63) is 24.0 Å². The lowest BCUT2D eigenvalue weighted by atomic mass is 9.78. The fourth-order valence-electron chi connectivity index (χ4n) is 4.01. The van der Waals surface area contributed by atoms with Crippen molar-refractivity contribution in [1.82, 2.24) is 9.88 Å². The van der Waals surface area contributed by atoms with Crippen LogP contribution >= 0.6 is 0 Å². The molecule has 2 aliphatic rings. The number of hydrogen-bond acceptors (Lipinski definition) is 3. The molecule has 1 N–H and O–H groups in total. The number of fused-ring (bicyclic) bond motifs is 1. The Kier molecular flexibility index (Phi) is 4.56. The first-order valence-corrected chi connectivity index (χ1v) is 8.29. The number of hydrogen-bond donors (Lipinski definition) is 1. The summed E-state index contributed by atoms with van der Waals surface area (Å²) < 4.78 is 0. The van der Waals surface area contributed by atoms with Crippen LogP contribution in [0.25, 0.3) is 0 Å². The van der Waals surface area contributed by atoms with Gasteiger partial charge in [-0.3, -0.25) is 9.88 Å². The minimum absolute atomic E-state index is 0.821. The Morgan fingerprint density at radius 1 is 1.25 bits per heavy atom. The molecule has 1 saturated heterocycles. The second-order valence-electron chi connectivity index (χ2n) is 6.29. The lowest BCUT2D eigenvalue weighted by Gasteiger charge is -2.44. The van der Waals surface area contributed by atoms with Crippen molar-refractivity contribution in [2.75, 3.05) is 18.4 Å². The van der Waals surface area contributed by atoms with E-state index in [0.29, 0.717) is 0 Å². The summed E-state index contributed by atoms with van der Waals surface area (Å²) in [5.74, 6) is 0.953. The normalized spacial score (nSPS) is 27.1. The van der Waals surface area contributed by atoms with E-state index in [1.807, 2.05) is 6.20 Å². The molecule has 1 aromatic heterocycles. The van der Waals surface area contributed by atoms with E-state index < -0.39 is 0 Å². The molecule has 3 rings (SSSR count). The summed E-state index contributed by atoms with van der Waals surface area (Å²) in [5, 5.41) is 3.38. The molecule has 3 heteroatoms. The van der Waals surface area contributed by atoms with Crippen LogP contribution in [0.3, 0.4) is 0 Å². The van der Waals surface area contributed by atoms with Crippen LogP contribution in [0.15, 0.2) is 18.3 Å². The Morgan fingerprint density at radius 3 is 3.00 bits per heavy atom. The fourth-order valence-corrected chi connectivity index (χ4v) is 4.01. The van der Waals surface area contributed by atoms with E-state index in [0.717, 1.165) is 25.0 Å². The molecule has 0 aromatic carbocycles. The predicted octanol–water partition coefficient (Wildman–Crippen LogP) is 3.67. The van der Waals surface area contributed by atoms with Gasteiger partial charge in [0.25, 0.3) is 0 Å². The van der Waals surface area contributed by atoms with Gasteiger partial charge in [0.2, 0.25) is 0 Å². The molecule has 110 valence electrons. The van der Waals surface area contributed by atoms with E-state index in [2.05, 4.69) is 34.3 Å². The highest BCUT2D eigenvalue weighted by atomic mass is 15.2. The van der Waals surface area contributed by atoms with Gasteiger partial charge >= 0.3 is 0 Å². The monoisotopic (exact) mass is 273 g/mol. The molecule has 1 aliphatic heterocycles. The maximum Gasteiger partial charge on any atom is 0.0564 e. The summed E-state index contributed by atoms with van der Waals surface area (Å²) in [6.45, 7) is 5.39. The van der Waals surface area contributed by atoms with Crippen molar-refractivity contribution in [2.45, 2.75) is 58.0 Å². The van der Waals surface area contributed by atoms with Gasteiger partial charge in [-0.25, -0.2) is 0 Å². The van der Waals surface area contributed by atoms with Gasteiger partial charge in [-0.1, -0.05) is 12.8 Å². The number of anilines is 1. The Bertz CT molecular complexity index is 430. The van der Waals surface area contributed by atoms with E-state index >= 15 is 0 Å². The molecule has 1 aliphatic carbocycles. The summed E-state index contributed by atoms with van der Waals surface area (Å²) in [6, 6.07) is 5.10. The van der Waals surface area contributed by atoms with Crippen LogP contribution in [0.1, 0.15) is 51.1 Å². The second kappa shape index (κ2) is 6.57. The van der Waals surface area contributed by atoms with Crippen molar-refractivity contribution in [3.8, 4) is 0 Å². The first kappa shape index (κ1) is 13.9. The van der Waals surface area contributed by atoms with Crippen molar-refractivity contribution in [1.29, 1.82) is 0 Å². The van der Waals surface area contributed by atoms with Gasteiger partial charge in [0.1, 0.15) is 0 Å². The van der Waals surface area contributed by atoms with Gasteiger partial charge in [-0.2, -0.15) is 0 Å². The predicted molar refractivity (Wildman–Crippen MR) is 83.8 cm³/mol. The molecule has 0 spiro atoms. The lowest BCUT2D eigenvalue weighted by molar-refractivity contribution is 0.0537. The molecule has 3 nitrogen and oxygen atoms in total. The van der Waals surface area contributed by atoms with Crippen LogP contribution in [0.5, 0.6) is 0 Å². The van der Waals surface area contributed by atoms with E-state index in [1.165, 1.54) is 56.5 Å². The van der Waals surface area contributed by atoms with Crippen LogP contribution in [0, 0.1) is 5.92 Å². The lowest BCUT2D eigenvalue weighted by Crippen LogP contribution is -2.46. The number of piperidine rings is 1. The molecule has 0 bridgehead atoms. The zero-order valence-electron chi connectivity index (χ0n) is 12.6. The van der Waals surface area contributed by atoms with E-state index in [4.69, 9.17) is 0 Å². The number of nitrogens with zero attached hydrogens (tertiary/aromatic N) is 2. The average molecular weight is 273 g/mol. The van der Waals surface area contributed by atoms with Crippen molar-refractivity contribution < 1.29 is 0 Å². The molecular weight excluding hydrogens is 246 g/mol. The molecule has 2 unspecified atom stereocenters. The minimum atomic E-state index is 0.821. The Morgan fingerprint density at radius 2 is 2.10 bits per heavy atom. The van der Waals surface area contributed by atoms with Crippen LogP contribution < -0.4 is 5.32 Å². The topological polar surface area (TPSA) is 28.2 Å². The summed E-state index contributed by atoms with van der Waals surface area (Å²) in [6.07, 6.45) is 10.5. The second-order valence-corrected chi connectivity index (χ2v) is 6.29. The maximum atomic E-state index is 4.57. The minimum Gasteiger partial charge on any atom is -0.385 e. The highest BCUT2D eigenvalue weighted by Gasteiger charge is 2.33. The van der Waals surface area contributed by atoms with Gasteiger partial charge < -0.3 is 5.32 Å². The highest BCUT2D eigenvalue weighted by Crippen LogP contribution is 2.35. The molecule has 2 atom stereocenters. The zero-order chi connectivity index (χ0) is 13.8. The van der Waals surface area contributed by atoms with Crippen LogP contribution in [0.2, 0.25) is 0 Å². The number of likely N-dealkylation sites (tertiary alicyclic amines) is 1. The SMILES string of the molecule is CCNc1ccnc(CN2CCCC3CCCCC32)c1. The number of nitrogens with one attached hydrogen (secondary N) is 1. The largest absolute Gasteiger partial charge is 0.385 e. The molecular formula is C17H27N3. The summed E-state index contributed by atoms with van der Waals surface area (Å²) in [5.41, 5.74) is 2.42. The Hall–Kier alpha value is -1.09. The quantitative estimate of drug-likeness (QED) is 0.907. The number of aromatic nitrogens is 1. The molecule has 2 heterocycles. The zero-order valence-corrected chi connectivity index (χ0v) is 12.6. The van der Waals surface area contributed by atoms with Crippen molar-refractivity contribution >= 4 is 5.69 Å². The van der Waals surface area contributed by atoms with Gasteiger partial charge in [0.15, 0.2) is 0 Å².